The summed E-state index contributed by atoms with van der Waals surface area (Å²) in [5, 5.41) is 18.4. The number of rotatable bonds is 2. The molecule has 6 nitrogen and oxygen atoms in total. The Morgan fingerprint density at radius 3 is 2.67 bits per heavy atom. The third-order valence-corrected chi connectivity index (χ3v) is 6.90. The number of hydrogen-bond donors (Lipinski definition) is 2. The predicted octanol–water partition coefficient (Wildman–Crippen LogP) is 4.66. The van der Waals surface area contributed by atoms with E-state index in [1.54, 1.807) is 29.5 Å². The Balaban J connectivity index is 1.68. The second-order valence-corrected chi connectivity index (χ2v) is 9.49. The number of nitrogens with zero attached hydrogens (tertiary/aromatic N) is 1. The number of benzene rings is 1. The molecule has 2 N–H and O–H groups in total. The molecule has 0 fully saturated rings. The Morgan fingerprint density at radius 1 is 1.22 bits per heavy atom. The van der Waals surface area contributed by atoms with Crippen LogP contribution in [-0.4, -0.2) is 10.8 Å². The van der Waals surface area contributed by atoms with E-state index < -0.39 is 11.1 Å². The summed E-state index contributed by atoms with van der Waals surface area (Å²) >= 11 is 1.63. The summed E-state index contributed by atoms with van der Waals surface area (Å²) in [6.45, 7) is 6.81. The Hall–Kier alpha value is -2.41. The first-order valence-electron chi connectivity index (χ1n) is 9.21. The van der Waals surface area contributed by atoms with Crippen LogP contribution in [0.3, 0.4) is 0 Å². The van der Waals surface area contributed by atoms with Crippen LogP contribution in [0.5, 0.6) is 0 Å². The predicted molar refractivity (Wildman–Crippen MR) is 106 cm³/mol. The fraction of sp³-hybridized carbons (Fsp3) is 0.450. The highest BCUT2D eigenvalue weighted by Crippen LogP contribution is 2.46. The minimum absolute atomic E-state index is 0.00728. The van der Waals surface area contributed by atoms with Crippen molar-refractivity contribution in [3.8, 4) is 0 Å². The van der Waals surface area contributed by atoms with Gasteiger partial charge in [0.15, 0.2) is 0 Å². The smallest absolute Gasteiger partial charge is 0.276 e. The average Bonchev–Trinajstić information content (AvgIpc) is 2.98. The van der Waals surface area contributed by atoms with Crippen LogP contribution in [0.25, 0.3) is 0 Å². The molecule has 0 spiro atoms. The van der Waals surface area contributed by atoms with Gasteiger partial charge in [-0.1, -0.05) is 32.9 Å². The highest BCUT2D eigenvalue weighted by Gasteiger charge is 2.37. The molecule has 1 aromatic carbocycles. The lowest BCUT2D eigenvalue weighted by Crippen LogP contribution is -2.38. The zero-order valence-electron chi connectivity index (χ0n) is 15.7. The molecule has 2 atom stereocenters. The zero-order chi connectivity index (χ0) is 19.3. The molecule has 0 saturated heterocycles. The average molecular weight is 385 g/mol. The second-order valence-electron chi connectivity index (χ2n) is 8.38. The van der Waals surface area contributed by atoms with Gasteiger partial charge in [-0.25, -0.2) is 0 Å². The van der Waals surface area contributed by atoms with E-state index in [0.717, 1.165) is 35.4 Å². The summed E-state index contributed by atoms with van der Waals surface area (Å²) in [6, 6.07) is 6.53. The highest BCUT2D eigenvalue weighted by atomic mass is 32.1. The number of carbonyl (C=O) groups excluding carboxylic acids is 1. The number of amides is 1. The van der Waals surface area contributed by atoms with E-state index >= 15 is 0 Å². The van der Waals surface area contributed by atoms with Crippen molar-refractivity contribution in [3.05, 3.63) is 55.9 Å². The molecule has 142 valence electrons. The minimum atomic E-state index is -0.592. The number of para-hydroxylation sites is 1. The molecule has 2 aliphatic rings. The van der Waals surface area contributed by atoms with Gasteiger partial charge in [-0.15, -0.1) is 11.3 Å². The molecule has 0 bridgehead atoms. The van der Waals surface area contributed by atoms with Gasteiger partial charge in [0.25, 0.3) is 11.6 Å². The van der Waals surface area contributed by atoms with Gasteiger partial charge < -0.3 is 10.6 Å². The molecule has 0 unspecified atom stereocenters. The monoisotopic (exact) mass is 385 g/mol. The van der Waals surface area contributed by atoms with E-state index in [1.165, 1.54) is 10.9 Å². The van der Waals surface area contributed by atoms with E-state index in [9.17, 15) is 14.9 Å². The second kappa shape index (κ2) is 6.34. The van der Waals surface area contributed by atoms with E-state index in [1.807, 2.05) is 0 Å². The molecule has 2 aromatic rings. The number of anilines is 1. The van der Waals surface area contributed by atoms with Crippen molar-refractivity contribution in [2.75, 3.05) is 5.32 Å². The van der Waals surface area contributed by atoms with E-state index in [-0.39, 0.29) is 17.0 Å². The Bertz CT molecular complexity index is 929. The van der Waals surface area contributed by atoms with Crippen LogP contribution in [0.1, 0.15) is 59.7 Å². The number of hydrogen-bond acceptors (Lipinski definition) is 5. The molecule has 7 heteroatoms. The van der Waals surface area contributed by atoms with Crippen molar-refractivity contribution < 1.29 is 9.72 Å². The number of fused-ring (bicyclic) bond motifs is 3. The van der Waals surface area contributed by atoms with Crippen LogP contribution in [0.4, 0.5) is 10.7 Å². The Labute approximate surface area is 162 Å². The number of carbonyl (C=O) groups is 1. The van der Waals surface area contributed by atoms with Gasteiger partial charge in [-0.2, -0.15) is 0 Å². The van der Waals surface area contributed by atoms with Crippen molar-refractivity contribution in [2.45, 2.75) is 46.2 Å². The topological polar surface area (TPSA) is 84.3 Å². The maximum Gasteiger partial charge on any atom is 0.276 e. The van der Waals surface area contributed by atoms with Crippen LogP contribution in [0.2, 0.25) is 0 Å². The summed E-state index contributed by atoms with van der Waals surface area (Å²) in [4.78, 5) is 25.1. The number of nitro benzene ring substituents is 1. The summed E-state index contributed by atoms with van der Waals surface area (Å²) in [5.41, 5.74) is 2.61. The van der Waals surface area contributed by atoms with Crippen LogP contribution < -0.4 is 10.6 Å². The number of thiophene rings is 1. The molecule has 2 heterocycles. The van der Waals surface area contributed by atoms with Gasteiger partial charge in [-0.3, -0.25) is 14.9 Å². The largest absolute Gasteiger partial charge is 0.352 e. The minimum Gasteiger partial charge on any atom is -0.352 e. The van der Waals surface area contributed by atoms with Gasteiger partial charge in [-0.05, 0) is 42.2 Å². The summed E-state index contributed by atoms with van der Waals surface area (Å²) in [7, 11) is 0. The van der Waals surface area contributed by atoms with Crippen molar-refractivity contribution in [1.82, 2.24) is 5.32 Å². The Morgan fingerprint density at radius 2 is 1.96 bits per heavy atom. The number of nitro groups is 1. The first-order valence-corrected chi connectivity index (χ1v) is 10.0. The first-order chi connectivity index (χ1) is 12.8. The zero-order valence-corrected chi connectivity index (χ0v) is 16.5. The molecule has 0 saturated carbocycles. The molecule has 1 aliphatic heterocycles. The maximum absolute atomic E-state index is 12.8. The number of nitrogens with one attached hydrogen (secondary N) is 2. The van der Waals surface area contributed by atoms with Crippen LogP contribution in [-0.2, 0) is 12.8 Å². The van der Waals surface area contributed by atoms with E-state index in [0.29, 0.717) is 11.5 Å². The highest BCUT2D eigenvalue weighted by molar-refractivity contribution is 7.16. The lowest BCUT2D eigenvalue weighted by Gasteiger charge is -2.34. The SMILES string of the molecule is CC(C)(C)[C@H]1CCc2c(sc3c2C(=O)N[C@@H](c2ccccc2[N+](=O)[O-])N3)C1. The summed E-state index contributed by atoms with van der Waals surface area (Å²) in [5.74, 6) is 0.456. The maximum atomic E-state index is 12.8. The van der Waals surface area contributed by atoms with Gasteiger partial charge in [0.1, 0.15) is 11.2 Å². The lowest BCUT2D eigenvalue weighted by molar-refractivity contribution is -0.385. The summed E-state index contributed by atoms with van der Waals surface area (Å²) in [6.07, 6.45) is 2.39. The fourth-order valence-corrected chi connectivity index (χ4v) is 5.44. The molecule has 4 rings (SSSR count). The molecule has 27 heavy (non-hydrogen) atoms. The van der Waals surface area contributed by atoms with Crippen molar-refractivity contribution >= 4 is 27.9 Å². The normalized spacial score (nSPS) is 21.7. The van der Waals surface area contributed by atoms with Gasteiger partial charge in [0, 0.05) is 10.9 Å². The standard InChI is InChI=1S/C20H23N3O3S/c1-20(2,3)11-8-9-13-15(10-11)27-19-16(13)18(24)21-17(22-19)12-6-4-5-7-14(12)23(25)26/h4-7,11,17,22H,8-10H2,1-3H3,(H,21,24)/t11-,17+/m0/s1. The molecular formula is C20H23N3O3S. The van der Waals surface area contributed by atoms with Gasteiger partial charge in [0.05, 0.1) is 16.1 Å². The van der Waals surface area contributed by atoms with Crippen molar-refractivity contribution in [3.63, 3.8) is 0 Å². The van der Waals surface area contributed by atoms with E-state index in [4.69, 9.17) is 0 Å². The van der Waals surface area contributed by atoms with Crippen LogP contribution in [0.15, 0.2) is 24.3 Å². The van der Waals surface area contributed by atoms with Crippen LogP contribution in [0, 0.1) is 21.4 Å². The summed E-state index contributed by atoms with van der Waals surface area (Å²) < 4.78 is 0. The first kappa shape index (κ1) is 18.0. The molecule has 1 aromatic heterocycles. The van der Waals surface area contributed by atoms with Gasteiger partial charge >= 0.3 is 0 Å². The van der Waals surface area contributed by atoms with Crippen molar-refractivity contribution in [2.24, 2.45) is 11.3 Å². The quantitative estimate of drug-likeness (QED) is 0.582. The van der Waals surface area contributed by atoms with Crippen LogP contribution >= 0.6 is 11.3 Å². The molecule has 1 aliphatic carbocycles. The molecule has 1 amide bonds. The molecular weight excluding hydrogens is 362 g/mol. The third kappa shape index (κ3) is 3.10. The molecule has 0 radical (unpaired) electrons. The van der Waals surface area contributed by atoms with Gasteiger partial charge in [0.2, 0.25) is 0 Å². The third-order valence-electron chi connectivity index (χ3n) is 5.71. The fourth-order valence-electron chi connectivity index (χ4n) is 4.09. The lowest BCUT2D eigenvalue weighted by atomic mass is 9.72. The van der Waals surface area contributed by atoms with Crippen molar-refractivity contribution in [1.29, 1.82) is 0 Å². The van der Waals surface area contributed by atoms with E-state index in [2.05, 4.69) is 31.4 Å². The Kier molecular flexibility index (Phi) is 4.22.